The maximum absolute atomic E-state index is 6.18. The van der Waals surface area contributed by atoms with Gasteiger partial charge in [0.25, 0.3) is 0 Å². The average molecular weight is 340 g/mol. The lowest BCUT2D eigenvalue weighted by atomic mass is 9.87. The number of benzene rings is 2. The molecule has 0 radical (unpaired) electrons. The van der Waals surface area contributed by atoms with E-state index in [-0.39, 0.29) is 0 Å². The summed E-state index contributed by atoms with van der Waals surface area (Å²) < 4.78 is 6.18. The van der Waals surface area contributed by atoms with Crippen LogP contribution in [0.2, 0.25) is 0 Å². The Bertz CT molecular complexity index is 679. The Morgan fingerprint density at radius 2 is 1.96 bits per heavy atom. The minimum absolute atomic E-state index is 0.645. The van der Waals surface area contributed by atoms with E-state index >= 15 is 0 Å². The van der Waals surface area contributed by atoms with E-state index < -0.39 is 0 Å². The summed E-state index contributed by atoms with van der Waals surface area (Å²) in [4.78, 5) is 0. The van der Waals surface area contributed by atoms with Crippen molar-refractivity contribution in [1.29, 1.82) is 0 Å². The van der Waals surface area contributed by atoms with Crippen molar-refractivity contribution in [2.75, 3.05) is 6.61 Å². The largest absolute Gasteiger partial charge is 0.493 e. The van der Waals surface area contributed by atoms with Gasteiger partial charge in [-0.2, -0.15) is 0 Å². The standard InChI is InChI=1S/C23H33NO/c1-17(2)13-14-25-23-12-11-19-8-4-5-10-21(19)22(23)16-24-20-9-6-7-18(3)15-20/h4-5,8,10-12,17-18,20,24H,6-7,9,13-16H2,1-3H3. The molecule has 2 nitrogen and oxygen atoms in total. The number of rotatable bonds is 7. The van der Waals surface area contributed by atoms with E-state index in [0.29, 0.717) is 12.0 Å². The van der Waals surface area contributed by atoms with E-state index in [1.54, 1.807) is 0 Å². The first-order valence-electron chi connectivity index (χ1n) is 10.00. The van der Waals surface area contributed by atoms with Crippen LogP contribution >= 0.6 is 0 Å². The quantitative estimate of drug-likeness (QED) is 0.674. The van der Waals surface area contributed by atoms with E-state index in [1.165, 1.54) is 42.0 Å². The third-order valence-electron chi connectivity index (χ3n) is 5.45. The fraction of sp³-hybridized carbons (Fsp3) is 0.565. The van der Waals surface area contributed by atoms with Crippen LogP contribution in [0, 0.1) is 11.8 Å². The molecule has 0 aliphatic heterocycles. The third kappa shape index (κ3) is 4.98. The van der Waals surface area contributed by atoms with Crippen molar-refractivity contribution in [2.24, 2.45) is 11.8 Å². The van der Waals surface area contributed by atoms with Crippen LogP contribution in [0.1, 0.15) is 58.4 Å². The minimum Gasteiger partial charge on any atom is -0.493 e. The molecular formula is C23H33NO. The monoisotopic (exact) mass is 339 g/mol. The zero-order valence-corrected chi connectivity index (χ0v) is 16.1. The van der Waals surface area contributed by atoms with Gasteiger partial charge in [0.2, 0.25) is 0 Å². The van der Waals surface area contributed by atoms with Gasteiger partial charge in [0.05, 0.1) is 6.61 Å². The maximum Gasteiger partial charge on any atom is 0.124 e. The summed E-state index contributed by atoms with van der Waals surface area (Å²) in [6, 6.07) is 13.7. The van der Waals surface area contributed by atoms with Gasteiger partial charge in [0.15, 0.2) is 0 Å². The first-order chi connectivity index (χ1) is 12.1. The minimum atomic E-state index is 0.645. The van der Waals surface area contributed by atoms with Crippen LogP contribution < -0.4 is 10.1 Å². The predicted octanol–water partition coefficient (Wildman–Crippen LogP) is 5.93. The van der Waals surface area contributed by atoms with Gasteiger partial charge < -0.3 is 10.1 Å². The molecule has 1 aliphatic rings. The van der Waals surface area contributed by atoms with Crippen molar-refractivity contribution in [3.8, 4) is 5.75 Å². The molecule has 1 saturated carbocycles. The molecule has 2 aromatic carbocycles. The predicted molar refractivity (Wildman–Crippen MR) is 107 cm³/mol. The van der Waals surface area contributed by atoms with Crippen LogP contribution in [0.25, 0.3) is 10.8 Å². The van der Waals surface area contributed by atoms with Crippen LogP contribution in [0.5, 0.6) is 5.75 Å². The van der Waals surface area contributed by atoms with E-state index in [4.69, 9.17) is 4.74 Å². The van der Waals surface area contributed by atoms with Crippen molar-refractivity contribution < 1.29 is 4.74 Å². The Morgan fingerprint density at radius 1 is 1.12 bits per heavy atom. The lowest BCUT2D eigenvalue weighted by Gasteiger charge is -2.28. The second-order valence-electron chi connectivity index (χ2n) is 8.14. The van der Waals surface area contributed by atoms with Crippen molar-refractivity contribution in [3.05, 3.63) is 42.0 Å². The number of nitrogens with one attached hydrogen (secondary N) is 1. The second kappa shape index (κ2) is 8.71. The first kappa shape index (κ1) is 18.3. The van der Waals surface area contributed by atoms with Crippen LogP contribution in [-0.4, -0.2) is 12.6 Å². The molecule has 0 heterocycles. The summed E-state index contributed by atoms with van der Waals surface area (Å²) in [5.41, 5.74) is 1.32. The van der Waals surface area contributed by atoms with E-state index in [1.807, 2.05) is 0 Å². The molecule has 0 bridgehead atoms. The molecule has 2 aromatic rings. The topological polar surface area (TPSA) is 21.3 Å². The smallest absolute Gasteiger partial charge is 0.124 e. The highest BCUT2D eigenvalue weighted by Crippen LogP contribution is 2.30. The Balaban J connectivity index is 1.77. The molecule has 1 N–H and O–H groups in total. The van der Waals surface area contributed by atoms with Gasteiger partial charge in [-0.15, -0.1) is 0 Å². The van der Waals surface area contributed by atoms with E-state index in [9.17, 15) is 0 Å². The summed E-state index contributed by atoms with van der Waals surface area (Å²) in [5, 5.41) is 6.44. The highest BCUT2D eigenvalue weighted by molar-refractivity contribution is 5.87. The van der Waals surface area contributed by atoms with Crippen LogP contribution in [0.15, 0.2) is 36.4 Å². The fourth-order valence-electron chi connectivity index (χ4n) is 3.90. The Morgan fingerprint density at radius 3 is 2.76 bits per heavy atom. The number of fused-ring (bicyclic) bond motifs is 1. The van der Waals surface area contributed by atoms with Crippen LogP contribution in [0.4, 0.5) is 0 Å². The van der Waals surface area contributed by atoms with Crippen molar-refractivity contribution in [1.82, 2.24) is 5.32 Å². The van der Waals surface area contributed by atoms with Crippen molar-refractivity contribution >= 4 is 10.8 Å². The Kier molecular flexibility index (Phi) is 6.36. The van der Waals surface area contributed by atoms with Gasteiger partial charge >= 0.3 is 0 Å². The first-order valence-corrected chi connectivity index (χ1v) is 10.00. The maximum atomic E-state index is 6.18. The summed E-state index contributed by atoms with van der Waals surface area (Å²) in [7, 11) is 0. The third-order valence-corrected chi connectivity index (χ3v) is 5.45. The molecule has 1 aliphatic carbocycles. The van der Waals surface area contributed by atoms with Gasteiger partial charge in [0, 0.05) is 18.2 Å². The molecular weight excluding hydrogens is 306 g/mol. The molecule has 136 valence electrons. The summed E-state index contributed by atoms with van der Waals surface area (Å²) in [6.07, 6.45) is 6.44. The molecule has 0 saturated heterocycles. The van der Waals surface area contributed by atoms with Gasteiger partial charge in [-0.05, 0) is 47.9 Å². The van der Waals surface area contributed by atoms with Gasteiger partial charge in [-0.1, -0.05) is 63.9 Å². The molecule has 2 heteroatoms. The number of ether oxygens (including phenoxy) is 1. The molecule has 2 atom stereocenters. The molecule has 2 unspecified atom stereocenters. The second-order valence-corrected chi connectivity index (χ2v) is 8.14. The summed E-state index contributed by atoms with van der Waals surface area (Å²) >= 11 is 0. The normalized spacial score (nSPS) is 21.0. The van der Waals surface area contributed by atoms with Crippen LogP contribution in [0.3, 0.4) is 0 Å². The Labute approximate surface area is 153 Å². The zero-order valence-electron chi connectivity index (χ0n) is 16.1. The average Bonchev–Trinajstić information content (AvgIpc) is 2.60. The van der Waals surface area contributed by atoms with Gasteiger partial charge in [-0.3, -0.25) is 0 Å². The van der Waals surface area contributed by atoms with Gasteiger partial charge in [-0.25, -0.2) is 0 Å². The summed E-state index contributed by atoms with van der Waals surface area (Å²) in [5.74, 6) is 2.57. The van der Waals surface area contributed by atoms with E-state index in [0.717, 1.165) is 31.2 Å². The summed E-state index contributed by atoms with van der Waals surface area (Å²) in [6.45, 7) is 8.57. The molecule has 0 spiro atoms. The molecule has 0 amide bonds. The SMILES string of the molecule is CC(C)CCOc1ccc2ccccc2c1CNC1CCCC(C)C1. The molecule has 25 heavy (non-hydrogen) atoms. The fourth-order valence-corrected chi connectivity index (χ4v) is 3.90. The number of hydrogen-bond donors (Lipinski definition) is 1. The van der Waals surface area contributed by atoms with E-state index in [2.05, 4.69) is 62.5 Å². The van der Waals surface area contributed by atoms with Crippen LogP contribution in [-0.2, 0) is 6.54 Å². The number of hydrogen-bond acceptors (Lipinski definition) is 2. The highest BCUT2D eigenvalue weighted by atomic mass is 16.5. The lowest BCUT2D eigenvalue weighted by molar-refractivity contribution is 0.281. The molecule has 3 rings (SSSR count). The molecule has 0 aromatic heterocycles. The Hall–Kier alpha value is -1.54. The zero-order chi connectivity index (χ0) is 17.6. The molecule has 1 fully saturated rings. The van der Waals surface area contributed by atoms with Crippen molar-refractivity contribution in [3.63, 3.8) is 0 Å². The van der Waals surface area contributed by atoms with Crippen molar-refractivity contribution in [2.45, 2.75) is 65.5 Å². The van der Waals surface area contributed by atoms with Gasteiger partial charge in [0.1, 0.15) is 5.75 Å². The highest BCUT2D eigenvalue weighted by Gasteiger charge is 2.19. The lowest BCUT2D eigenvalue weighted by Crippen LogP contribution is -2.33.